The maximum Gasteiger partial charge on any atom is 0.254 e. The lowest BCUT2D eigenvalue weighted by Crippen LogP contribution is -2.47. The zero-order valence-corrected chi connectivity index (χ0v) is 14.1. The Kier molecular flexibility index (Phi) is 5.93. The molecular weight excluding hydrogens is 331 g/mol. The van der Waals surface area contributed by atoms with Gasteiger partial charge in [0.1, 0.15) is 11.9 Å². The maximum absolute atomic E-state index is 13.7. The first-order chi connectivity index (χ1) is 11.4. The van der Waals surface area contributed by atoms with Crippen LogP contribution < -0.4 is 10.6 Å². The van der Waals surface area contributed by atoms with E-state index in [1.807, 2.05) is 0 Å². The fourth-order valence-corrected chi connectivity index (χ4v) is 2.38. The average Bonchev–Trinajstić information content (AvgIpc) is 2.52. The highest BCUT2D eigenvalue weighted by molar-refractivity contribution is 6.30. The molecule has 0 aliphatic rings. The van der Waals surface area contributed by atoms with Gasteiger partial charge in [-0.2, -0.15) is 0 Å². The van der Waals surface area contributed by atoms with Crippen molar-refractivity contribution < 1.29 is 14.0 Å². The van der Waals surface area contributed by atoms with Crippen LogP contribution in [0.15, 0.2) is 48.5 Å². The highest BCUT2D eigenvalue weighted by atomic mass is 35.5. The van der Waals surface area contributed by atoms with Crippen LogP contribution in [-0.4, -0.2) is 17.9 Å². The molecule has 0 aromatic heterocycles. The second-order valence-corrected chi connectivity index (χ2v) is 6.11. The van der Waals surface area contributed by atoms with Gasteiger partial charge in [-0.25, -0.2) is 4.39 Å². The summed E-state index contributed by atoms with van der Waals surface area (Å²) in [4.78, 5) is 24.7. The minimum absolute atomic E-state index is 0.0984. The fraction of sp³-hybridized carbons (Fsp3) is 0.222. The minimum atomic E-state index is -0.809. The topological polar surface area (TPSA) is 58.2 Å². The molecule has 1 unspecified atom stereocenters. The molecule has 2 aromatic rings. The van der Waals surface area contributed by atoms with Crippen LogP contribution in [0.3, 0.4) is 0 Å². The Morgan fingerprint density at radius 2 is 1.79 bits per heavy atom. The number of carbonyl (C=O) groups is 2. The van der Waals surface area contributed by atoms with Crippen LogP contribution in [0, 0.1) is 11.7 Å². The van der Waals surface area contributed by atoms with E-state index < -0.39 is 23.7 Å². The van der Waals surface area contributed by atoms with Crippen LogP contribution in [-0.2, 0) is 4.79 Å². The van der Waals surface area contributed by atoms with Gasteiger partial charge >= 0.3 is 0 Å². The van der Waals surface area contributed by atoms with Crippen molar-refractivity contribution in [1.82, 2.24) is 5.32 Å². The first-order valence-corrected chi connectivity index (χ1v) is 7.88. The molecule has 4 nitrogen and oxygen atoms in total. The Hall–Kier alpha value is -2.40. The molecule has 0 bridgehead atoms. The maximum atomic E-state index is 13.7. The number of amides is 2. The molecular formula is C18H18ClFN2O2. The molecule has 0 aliphatic heterocycles. The molecule has 2 aromatic carbocycles. The van der Waals surface area contributed by atoms with E-state index in [9.17, 15) is 14.0 Å². The molecule has 2 amide bonds. The number of hydrogen-bond acceptors (Lipinski definition) is 2. The van der Waals surface area contributed by atoms with Gasteiger partial charge in [0.05, 0.1) is 5.56 Å². The van der Waals surface area contributed by atoms with E-state index in [2.05, 4.69) is 10.6 Å². The normalized spacial score (nSPS) is 11.9. The summed E-state index contributed by atoms with van der Waals surface area (Å²) in [5, 5.41) is 5.78. The summed E-state index contributed by atoms with van der Waals surface area (Å²) < 4.78 is 13.7. The van der Waals surface area contributed by atoms with Crippen molar-refractivity contribution >= 4 is 29.1 Å². The Morgan fingerprint density at radius 1 is 1.08 bits per heavy atom. The summed E-state index contributed by atoms with van der Waals surface area (Å²) >= 11 is 5.89. The molecule has 2 rings (SSSR count). The van der Waals surface area contributed by atoms with E-state index in [4.69, 9.17) is 11.6 Å². The van der Waals surface area contributed by atoms with Gasteiger partial charge in [-0.1, -0.05) is 43.6 Å². The van der Waals surface area contributed by atoms with Crippen molar-refractivity contribution in [3.8, 4) is 0 Å². The minimum Gasteiger partial charge on any atom is -0.340 e. The second kappa shape index (κ2) is 7.93. The molecule has 1 atom stereocenters. The third-order valence-corrected chi connectivity index (χ3v) is 3.68. The summed E-state index contributed by atoms with van der Waals surface area (Å²) in [6.45, 7) is 3.59. The monoisotopic (exact) mass is 348 g/mol. The van der Waals surface area contributed by atoms with Crippen molar-refractivity contribution in [3.63, 3.8) is 0 Å². The number of benzene rings is 2. The van der Waals surface area contributed by atoms with Crippen LogP contribution in [0.2, 0.25) is 5.02 Å². The summed E-state index contributed by atoms with van der Waals surface area (Å²) in [5.74, 6) is -1.84. The van der Waals surface area contributed by atoms with E-state index in [0.29, 0.717) is 10.7 Å². The number of carbonyl (C=O) groups excluding carboxylic acids is 2. The van der Waals surface area contributed by atoms with Gasteiger partial charge in [0.2, 0.25) is 5.91 Å². The van der Waals surface area contributed by atoms with Crippen LogP contribution in [0.1, 0.15) is 24.2 Å². The largest absolute Gasteiger partial charge is 0.340 e. The predicted molar refractivity (Wildman–Crippen MR) is 92.6 cm³/mol. The second-order valence-electron chi connectivity index (χ2n) is 5.67. The van der Waals surface area contributed by atoms with Crippen LogP contribution in [0.25, 0.3) is 0 Å². The first kappa shape index (κ1) is 17.9. The van der Waals surface area contributed by atoms with Gasteiger partial charge in [0.25, 0.3) is 5.91 Å². The number of hydrogen-bond donors (Lipinski definition) is 2. The average molecular weight is 349 g/mol. The van der Waals surface area contributed by atoms with Gasteiger partial charge in [-0.3, -0.25) is 9.59 Å². The van der Waals surface area contributed by atoms with E-state index in [1.54, 1.807) is 44.2 Å². The SMILES string of the molecule is CC(C)C(NC(=O)c1ccccc1F)C(=O)Nc1cccc(Cl)c1. The molecule has 2 N–H and O–H groups in total. The predicted octanol–water partition coefficient (Wildman–Crippen LogP) is 3.87. The molecule has 0 saturated carbocycles. The third kappa shape index (κ3) is 4.55. The molecule has 0 saturated heterocycles. The smallest absolute Gasteiger partial charge is 0.254 e. The molecule has 126 valence electrons. The molecule has 0 spiro atoms. The summed E-state index contributed by atoms with van der Waals surface area (Å²) in [5.41, 5.74) is 0.428. The van der Waals surface area contributed by atoms with Crippen molar-refractivity contribution in [1.29, 1.82) is 0 Å². The lowest BCUT2D eigenvalue weighted by molar-refractivity contribution is -0.118. The molecule has 0 heterocycles. The number of halogens is 2. The highest BCUT2D eigenvalue weighted by Gasteiger charge is 2.25. The number of nitrogens with one attached hydrogen (secondary N) is 2. The lowest BCUT2D eigenvalue weighted by atomic mass is 10.0. The fourth-order valence-electron chi connectivity index (χ4n) is 2.19. The quantitative estimate of drug-likeness (QED) is 0.861. The Morgan fingerprint density at radius 3 is 2.42 bits per heavy atom. The van der Waals surface area contributed by atoms with Gasteiger partial charge in [-0.05, 0) is 36.2 Å². The summed E-state index contributed by atoms with van der Waals surface area (Å²) in [6, 6.07) is 11.5. The third-order valence-electron chi connectivity index (χ3n) is 3.45. The van der Waals surface area contributed by atoms with Crippen molar-refractivity contribution in [2.75, 3.05) is 5.32 Å². The van der Waals surface area contributed by atoms with Crippen molar-refractivity contribution in [3.05, 3.63) is 64.9 Å². The lowest BCUT2D eigenvalue weighted by Gasteiger charge is -2.22. The Labute approximate surface area is 145 Å². The van der Waals surface area contributed by atoms with E-state index in [1.165, 1.54) is 18.2 Å². The Bertz CT molecular complexity index is 749. The van der Waals surface area contributed by atoms with Gasteiger partial charge in [0, 0.05) is 10.7 Å². The molecule has 0 radical (unpaired) electrons. The zero-order chi connectivity index (χ0) is 17.7. The van der Waals surface area contributed by atoms with E-state index in [-0.39, 0.29) is 11.5 Å². The van der Waals surface area contributed by atoms with E-state index >= 15 is 0 Å². The standard InChI is InChI=1S/C18H18ClFN2O2/c1-11(2)16(18(24)21-13-7-5-6-12(19)10-13)22-17(23)14-8-3-4-9-15(14)20/h3-11,16H,1-2H3,(H,21,24)(H,22,23). The van der Waals surface area contributed by atoms with Gasteiger partial charge in [-0.15, -0.1) is 0 Å². The van der Waals surface area contributed by atoms with Crippen molar-refractivity contribution in [2.24, 2.45) is 5.92 Å². The van der Waals surface area contributed by atoms with Gasteiger partial charge < -0.3 is 10.6 Å². The summed E-state index contributed by atoms with van der Waals surface area (Å²) in [6.07, 6.45) is 0. The molecule has 6 heteroatoms. The van der Waals surface area contributed by atoms with Crippen molar-refractivity contribution in [2.45, 2.75) is 19.9 Å². The Balaban J connectivity index is 2.13. The zero-order valence-electron chi connectivity index (χ0n) is 13.3. The van der Waals surface area contributed by atoms with Gasteiger partial charge in [0.15, 0.2) is 0 Å². The number of rotatable bonds is 5. The summed E-state index contributed by atoms with van der Waals surface area (Å²) in [7, 11) is 0. The molecule has 24 heavy (non-hydrogen) atoms. The van der Waals surface area contributed by atoms with Crippen LogP contribution in [0.5, 0.6) is 0 Å². The van der Waals surface area contributed by atoms with Crippen LogP contribution >= 0.6 is 11.6 Å². The molecule has 0 fully saturated rings. The number of anilines is 1. The first-order valence-electron chi connectivity index (χ1n) is 7.50. The molecule has 0 aliphatic carbocycles. The van der Waals surface area contributed by atoms with E-state index in [0.717, 1.165) is 0 Å². The highest BCUT2D eigenvalue weighted by Crippen LogP contribution is 2.16. The van der Waals surface area contributed by atoms with Crippen LogP contribution in [0.4, 0.5) is 10.1 Å².